The lowest BCUT2D eigenvalue weighted by molar-refractivity contribution is -0.906. The van der Waals surface area contributed by atoms with Crippen LogP contribution in [0, 0.1) is 0 Å². The van der Waals surface area contributed by atoms with Crippen LogP contribution in [0.15, 0.2) is 12.1 Å². The number of hydrogen-bond donors (Lipinski definition) is 2. The topological polar surface area (TPSA) is 55.7 Å². The summed E-state index contributed by atoms with van der Waals surface area (Å²) in [6, 6.07) is 3.13. The maximum Gasteiger partial charge on any atom is 0.254 e. The molecule has 0 radical (unpaired) electrons. The van der Waals surface area contributed by atoms with Gasteiger partial charge in [-0.1, -0.05) is 23.2 Å². The molecule has 2 N–H and O–H groups in total. The van der Waals surface area contributed by atoms with Crippen molar-refractivity contribution >= 4 is 29.1 Å². The van der Waals surface area contributed by atoms with Crippen LogP contribution in [0.3, 0.4) is 0 Å². The second kappa shape index (κ2) is 7.05. The standard InChI is InChI=1S/C12H15Cl2N3O2/c13-10-2-1-9(11(14)16-10)12(18)15-3-4-17-5-7-19-8-6-17/h1-2H,3-8H2,(H,15,18)/p+1. The molecule has 1 saturated heterocycles. The van der Waals surface area contributed by atoms with Gasteiger partial charge in [-0.05, 0) is 12.1 Å². The summed E-state index contributed by atoms with van der Waals surface area (Å²) >= 11 is 11.6. The molecule has 1 aromatic heterocycles. The van der Waals surface area contributed by atoms with Crippen LogP contribution in [0.1, 0.15) is 10.4 Å². The fourth-order valence-corrected chi connectivity index (χ4v) is 2.37. The molecule has 1 amide bonds. The van der Waals surface area contributed by atoms with Crippen molar-refractivity contribution in [3.8, 4) is 0 Å². The summed E-state index contributed by atoms with van der Waals surface area (Å²) in [5.41, 5.74) is 0.350. The molecule has 5 nitrogen and oxygen atoms in total. The third kappa shape index (κ3) is 4.31. The van der Waals surface area contributed by atoms with E-state index in [4.69, 9.17) is 27.9 Å². The van der Waals surface area contributed by atoms with Crippen LogP contribution in [-0.2, 0) is 4.74 Å². The molecule has 1 aliphatic heterocycles. The molecule has 2 rings (SSSR count). The maximum absolute atomic E-state index is 11.9. The van der Waals surface area contributed by atoms with Crippen molar-refractivity contribution in [3.63, 3.8) is 0 Å². The minimum absolute atomic E-state index is 0.128. The maximum atomic E-state index is 11.9. The van der Waals surface area contributed by atoms with Gasteiger partial charge in [0.1, 0.15) is 23.4 Å². The van der Waals surface area contributed by atoms with Crippen molar-refractivity contribution < 1.29 is 14.4 Å². The molecular weight excluding hydrogens is 289 g/mol. The van der Waals surface area contributed by atoms with Crippen LogP contribution in [0.2, 0.25) is 10.3 Å². The number of morpholine rings is 1. The smallest absolute Gasteiger partial charge is 0.254 e. The van der Waals surface area contributed by atoms with Gasteiger partial charge in [0.2, 0.25) is 0 Å². The second-order valence-corrected chi connectivity index (χ2v) is 5.09. The number of rotatable bonds is 4. The molecule has 0 aromatic carbocycles. The Labute approximate surface area is 121 Å². The van der Waals surface area contributed by atoms with Crippen LogP contribution in [0.25, 0.3) is 0 Å². The minimum atomic E-state index is -0.221. The van der Waals surface area contributed by atoms with Gasteiger partial charge >= 0.3 is 0 Å². The Morgan fingerprint density at radius 1 is 1.37 bits per heavy atom. The van der Waals surface area contributed by atoms with Crippen molar-refractivity contribution in [1.82, 2.24) is 10.3 Å². The Morgan fingerprint density at radius 3 is 2.79 bits per heavy atom. The molecule has 0 atom stereocenters. The lowest BCUT2D eigenvalue weighted by Crippen LogP contribution is -3.14. The first-order chi connectivity index (χ1) is 9.16. The van der Waals surface area contributed by atoms with E-state index in [9.17, 15) is 4.79 Å². The number of carbonyl (C=O) groups is 1. The van der Waals surface area contributed by atoms with Gasteiger partial charge in [-0.3, -0.25) is 4.79 Å². The average Bonchev–Trinajstić information content (AvgIpc) is 2.39. The molecule has 0 bridgehead atoms. The van der Waals surface area contributed by atoms with E-state index in [1.54, 1.807) is 12.1 Å². The van der Waals surface area contributed by atoms with Crippen LogP contribution >= 0.6 is 23.2 Å². The Kier molecular flexibility index (Phi) is 5.39. The predicted octanol–water partition coefficient (Wildman–Crippen LogP) is 0.0333. The quantitative estimate of drug-likeness (QED) is 0.772. The zero-order valence-electron chi connectivity index (χ0n) is 10.4. The van der Waals surface area contributed by atoms with Crippen molar-refractivity contribution in [2.75, 3.05) is 39.4 Å². The highest BCUT2D eigenvalue weighted by atomic mass is 35.5. The van der Waals surface area contributed by atoms with Crippen LogP contribution in [0.5, 0.6) is 0 Å². The monoisotopic (exact) mass is 304 g/mol. The van der Waals surface area contributed by atoms with Crippen molar-refractivity contribution in [1.29, 1.82) is 0 Å². The third-order valence-corrected chi connectivity index (χ3v) is 3.52. The van der Waals surface area contributed by atoms with Gasteiger partial charge in [0.25, 0.3) is 5.91 Å². The first-order valence-electron chi connectivity index (χ1n) is 6.18. The van der Waals surface area contributed by atoms with Gasteiger partial charge in [0.15, 0.2) is 0 Å². The van der Waals surface area contributed by atoms with Crippen molar-refractivity contribution in [2.24, 2.45) is 0 Å². The second-order valence-electron chi connectivity index (χ2n) is 4.34. The fraction of sp³-hybridized carbons (Fsp3) is 0.500. The number of halogens is 2. The lowest BCUT2D eigenvalue weighted by Gasteiger charge is -2.23. The average molecular weight is 305 g/mol. The van der Waals surface area contributed by atoms with Crippen LogP contribution in [-0.4, -0.2) is 50.3 Å². The Bertz CT molecular complexity index is 451. The number of hydrogen-bond acceptors (Lipinski definition) is 3. The van der Waals surface area contributed by atoms with Crippen molar-refractivity contribution in [3.05, 3.63) is 28.0 Å². The lowest BCUT2D eigenvalue weighted by atomic mass is 10.2. The van der Waals surface area contributed by atoms with Gasteiger partial charge in [-0.15, -0.1) is 0 Å². The Hall–Kier alpha value is -0.880. The van der Waals surface area contributed by atoms with Crippen LogP contribution in [0.4, 0.5) is 0 Å². The van der Waals surface area contributed by atoms with E-state index >= 15 is 0 Å². The number of carbonyl (C=O) groups excluding carboxylic acids is 1. The summed E-state index contributed by atoms with van der Waals surface area (Å²) in [4.78, 5) is 17.2. The largest absolute Gasteiger partial charge is 0.370 e. The summed E-state index contributed by atoms with van der Waals surface area (Å²) in [6.45, 7) is 5.03. The van der Waals surface area contributed by atoms with Gasteiger partial charge in [0, 0.05) is 0 Å². The Morgan fingerprint density at radius 2 is 2.11 bits per heavy atom. The molecule has 0 spiro atoms. The summed E-state index contributed by atoms with van der Waals surface area (Å²) < 4.78 is 5.28. The molecule has 1 aromatic rings. The molecule has 0 unspecified atom stereocenters. The minimum Gasteiger partial charge on any atom is -0.370 e. The number of ether oxygens (including phenoxy) is 1. The zero-order valence-corrected chi connectivity index (χ0v) is 11.9. The van der Waals surface area contributed by atoms with E-state index in [1.807, 2.05) is 0 Å². The highest BCUT2D eigenvalue weighted by Crippen LogP contribution is 2.16. The molecule has 104 valence electrons. The number of pyridine rings is 1. The first-order valence-corrected chi connectivity index (χ1v) is 6.94. The molecule has 2 heterocycles. The highest BCUT2D eigenvalue weighted by molar-refractivity contribution is 6.34. The molecule has 19 heavy (non-hydrogen) atoms. The number of amides is 1. The van der Waals surface area contributed by atoms with E-state index < -0.39 is 0 Å². The van der Waals surface area contributed by atoms with Gasteiger partial charge < -0.3 is 15.0 Å². The molecular formula is C12H16Cl2N3O2+. The Balaban J connectivity index is 1.80. The number of quaternary nitrogens is 1. The normalized spacial score (nSPS) is 16.3. The van der Waals surface area contributed by atoms with Crippen LogP contribution < -0.4 is 10.2 Å². The third-order valence-electron chi connectivity index (χ3n) is 3.02. The molecule has 0 aliphatic carbocycles. The first kappa shape index (κ1) is 14.5. The van der Waals surface area contributed by atoms with Gasteiger partial charge in [-0.25, -0.2) is 4.98 Å². The van der Waals surface area contributed by atoms with Gasteiger partial charge in [-0.2, -0.15) is 0 Å². The molecule has 0 saturated carbocycles. The summed E-state index contributed by atoms with van der Waals surface area (Å²) in [5, 5.41) is 3.24. The summed E-state index contributed by atoms with van der Waals surface area (Å²) in [6.07, 6.45) is 0. The number of nitrogens with zero attached hydrogens (tertiary/aromatic N) is 1. The number of nitrogens with one attached hydrogen (secondary N) is 2. The highest BCUT2D eigenvalue weighted by Gasteiger charge is 2.15. The van der Waals surface area contributed by atoms with E-state index in [1.165, 1.54) is 4.90 Å². The molecule has 1 fully saturated rings. The van der Waals surface area contributed by atoms with E-state index in [-0.39, 0.29) is 16.2 Å². The fourth-order valence-electron chi connectivity index (χ4n) is 1.94. The van der Waals surface area contributed by atoms with E-state index in [0.717, 1.165) is 32.8 Å². The van der Waals surface area contributed by atoms with E-state index in [0.29, 0.717) is 12.1 Å². The SMILES string of the molecule is O=C(NCC[NH+]1CCOCC1)c1ccc(Cl)nc1Cl. The van der Waals surface area contributed by atoms with Gasteiger partial charge in [0.05, 0.1) is 31.9 Å². The predicted molar refractivity (Wildman–Crippen MR) is 73.0 cm³/mol. The van der Waals surface area contributed by atoms with E-state index in [2.05, 4.69) is 10.3 Å². The molecule has 1 aliphatic rings. The summed E-state index contributed by atoms with van der Waals surface area (Å²) in [5.74, 6) is -0.221. The van der Waals surface area contributed by atoms with Crippen molar-refractivity contribution in [2.45, 2.75) is 0 Å². The zero-order chi connectivity index (χ0) is 13.7. The summed E-state index contributed by atoms with van der Waals surface area (Å²) in [7, 11) is 0. The molecule has 7 heteroatoms. The number of aromatic nitrogens is 1.